The molecule has 6 nitrogen and oxygen atoms in total. The third-order valence-electron chi connectivity index (χ3n) is 3.16. The van der Waals surface area contributed by atoms with Crippen LogP contribution < -0.4 is 4.72 Å². The molecule has 0 bridgehead atoms. The number of sulfonamides is 1. The molecule has 2 rings (SSSR count). The topological polar surface area (TPSA) is 73.2 Å². The van der Waals surface area contributed by atoms with Crippen LogP contribution in [0.25, 0.3) is 0 Å². The second-order valence-electron chi connectivity index (χ2n) is 4.43. The van der Waals surface area contributed by atoms with Crippen LogP contribution in [0.3, 0.4) is 0 Å². The van der Waals surface area contributed by atoms with E-state index in [9.17, 15) is 8.42 Å². The van der Waals surface area contributed by atoms with Crippen LogP contribution in [-0.2, 0) is 21.8 Å². The fourth-order valence-corrected chi connectivity index (χ4v) is 3.42. The van der Waals surface area contributed by atoms with Gasteiger partial charge in [0.25, 0.3) is 10.0 Å². The molecule has 0 aliphatic carbocycles. The van der Waals surface area contributed by atoms with Crippen molar-refractivity contribution in [2.45, 2.75) is 24.5 Å². The van der Waals surface area contributed by atoms with Crippen molar-refractivity contribution in [3.05, 3.63) is 11.5 Å². The highest BCUT2D eigenvalue weighted by atomic mass is 35.5. The van der Waals surface area contributed by atoms with Crippen LogP contribution in [0.4, 0.5) is 0 Å². The third kappa shape index (κ3) is 2.69. The number of rotatable bonds is 4. The summed E-state index contributed by atoms with van der Waals surface area (Å²) in [4.78, 5) is 3.80. The van der Waals surface area contributed by atoms with Crippen LogP contribution in [0.2, 0.25) is 5.15 Å². The number of halogens is 1. The Kier molecular flexibility index (Phi) is 3.96. The molecule has 0 aromatic carbocycles. The molecule has 1 aliphatic heterocycles. The average molecular weight is 294 g/mol. The Morgan fingerprint density at radius 1 is 1.67 bits per heavy atom. The van der Waals surface area contributed by atoms with E-state index >= 15 is 0 Å². The number of aromatic nitrogens is 2. The predicted molar refractivity (Wildman–Crippen MR) is 66.9 cm³/mol. The van der Waals surface area contributed by atoms with Gasteiger partial charge >= 0.3 is 0 Å². The number of nitrogens with one attached hydrogen (secondary N) is 1. The van der Waals surface area contributed by atoms with E-state index in [4.69, 9.17) is 16.3 Å². The molecular formula is C10H16ClN3O3S. The molecule has 0 saturated carbocycles. The maximum atomic E-state index is 12.0. The molecule has 2 unspecified atom stereocenters. The Labute approximate surface area is 111 Å². The van der Waals surface area contributed by atoms with Crippen LogP contribution >= 0.6 is 11.6 Å². The summed E-state index contributed by atoms with van der Waals surface area (Å²) >= 11 is 5.87. The van der Waals surface area contributed by atoms with Gasteiger partial charge in [0.2, 0.25) is 5.03 Å². The molecule has 1 aromatic heterocycles. The molecule has 0 spiro atoms. The highest BCUT2D eigenvalue weighted by Crippen LogP contribution is 2.22. The van der Waals surface area contributed by atoms with E-state index in [0.29, 0.717) is 13.2 Å². The number of hydrogen-bond donors (Lipinski definition) is 1. The second-order valence-corrected chi connectivity index (χ2v) is 6.47. The summed E-state index contributed by atoms with van der Waals surface area (Å²) in [5.74, 6) is 0.197. The summed E-state index contributed by atoms with van der Waals surface area (Å²) in [5, 5.41) is -0.0172. The normalized spacial score (nSPS) is 24.6. The molecule has 18 heavy (non-hydrogen) atoms. The molecule has 0 amide bonds. The zero-order chi connectivity index (χ0) is 13.3. The third-order valence-corrected chi connectivity index (χ3v) is 5.07. The first-order valence-corrected chi connectivity index (χ1v) is 7.56. The first kappa shape index (κ1) is 13.8. The predicted octanol–water partition coefficient (Wildman–Crippen LogP) is 0.777. The second kappa shape index (κ2) is 5.16. The highest BCUT2D eigenvalue weighted by molar-refractivity contribution is 7.89. The van der Waals surface area contributed by atoms with Crippen LogP contribution in [0.5, 0.6) is 0 Å². The van der Waals surface area contributed by atoms with Gasteiger partial charge in [0.15, 0.2) is 0 Å². The summed E-state index contributed by atoms with van der Waals surface area (Å²) in [6, 6.07) is 0. The Hall–Kier alpha value is -0.630. The molecule has 1 aliphatic rings. The molecular weight excluding hydrogens is 278 g/mol. The van der Waals surface area contributed by atoms with Crippen molar-refractivity contribution in [1.29, 1.82) is 0 Å². The Morgan fingerprint density at radius 3 is 2.89 bits per heavy atom. The van der Waals surface area contributed by atoms with E-state index < -0.39 is 10.0 Å². The van der Waals surface area contributed by atoms with Gasteiger partial charge in [-0.2, -0.15) is 0 Å². The van der Waals surface area contributed by atoms with Gasteiger partial charge < -0.3 is 9.30 Å². The van der Waals surface area contributed by atoms with Gasteiger partial charge in [-0.3, -0.25) is 0 Å². The van der Waals surface area contributed by atoms with E-state index in [-0.39, 0.29) is 22.2 Å². The number of aryl methyl sites for hydroxylation is 1. The van der Waals surface area contributed by atoms with E-state index in [1.165, 1.54) is 10.9 Å². The van der Waals surface area contributed by atoms with Crippen molar-refractivity contribution < 1.29 is 13.2 Å². The highest BCUT2D eigenvalue weighted by Gasteiger charge is 2.28. The van der Waals surface area contributed by atoms with Crippen LogP contribution in [0, 0.1) is 5.92 Å². The fourth-order valence-electron chi connectivity index (χ4n) is 1.90. The van der Waals surface area contributed by atoms with Crippen molar-refractivity contribution in [3.8, 4) is 0 Å². The molecule has 8 heteroatoms. The zero-order valence-electron chi connectivity index (χ0n) is 10.3. The minimum Gasteiger partial charge on any atom is -0.378 e. The largest absolute Gasteiger partial charge is 0.378 e. The fraction of sp³-hybridized carbons (Fsp3) is 0.700. The number of hydrogen-bond acceptors (Lipinski definition) is 4. The molecule has 2 atom stereocenters. The van der Waals surface area contributed by atoms with Gasteiger partial charge in [0, 0.05) is 26.1 Å². The SMILES string of the molecule is CC1OCCC1CNS(=O)(=O)c1ncn(C)c1Cl. The summed E-state index contributed by atoms with van der Waals surface area (Å²) in [6.45, 7) is 2.97. The van der Waals surface area contributed by atoms with Gasteiger partial charge in [0.1, 0.15) is 5.15 Å². The molecule has 1 N–H and O–H groups in total. The van der Waals surface area contributed by atoms with Gasteiger partial charge in [0.05, 0.1) is 12.4 Å². The zero-order valence-corrected chi connectivity index (χ0v) is 11.8. The van der Waals surface area contributed by atoms with Gasteiger partial charge in [-0.25, -0.2) is 18.1 Å². The standard InChI is InChI=1S/C10H16ClN3O3S/c1-7-8(3-4-17-7)5-13-18(15,16)10-9(11)14(2)6-12-10/h6-8,13H,3-5H2,1-2H3. The van der Waals surface area contributed by atoms with Crippen molar-refractivity contribution in [3.63, 3.8) is 0 Å². The maximum absolute atomic E-state index is 12.0. The van der Waals surface area contributed by atoms with Gasteiger partial charge in [-0.05, 0) is 13.3 Å². The van der Waals surface area contributed by atoms with Crippen molar-refractivity contribution >= 4 is 21.6 Å². The summed E-state index contributed by atoms with van der Waals surface area (Å²) < 4.78 is 33.4. The Bertz CT molecular complexity index is 528. The lowest BCUT2D eigenvalue weighted by Gasteiger charge is -2.14. The molecule has 1 aromatic rings. The summed E-state index contributed by atoms with van der Waals surface area (Å²) in [5.41, 5.74) is 0. The molecule has 0 radical (unpaired) electrons. The molecule has 1 fully saturated rings. The molecule has 1 saturated heterocycles. The quantitative estimate of drug-likeness (QED) is 0.890. The first-order valence-electron chi connectivity index (χ1n) is 5.70. The monoisotopic (exact) mass is 293 g/mol. The van der Waals surface area contributed by atoms with E-state index in [2.05, 4.69) is 9.71 Å². The molecule has 102 valence electrons. The minimum atomic E-state index is -3.65. The lowest BCUT2D eigenvalue weighted by atomic mass is 10.0. The Balaban J connectivity index is 2.06. The number of imidazole rings is 1. The van der Waals surface area contributed by atoms with Crippen molar-refractivity contribution in [2.75, 3.05) is 13.2 Å². The smallest absolute Gasteiger partial charge is 0.261 e. The molecule has 2 heterocycles. The first-order chi connectivity index (χ1) is 8.42. The van der Waals surface area contributed by atoms with Gasteiger partial charge in [-0.1, -0.05) is 11.6 Å². The number of ether oxygens (including phenoxy) is 1. The van der Waals surface area contributed by atoms with E-state index in [0.717, 1.165) is 6.42 Å². The van der Waals surface area contributed by atoms with Crippen LogP contribution in [0.15, 0.2) is 11.4 Å². The van der Waals surface area contributed by atoms with Crippen molar-refractivity contribution in [1.82, 2.24) is 14.3 Å². The van der Waals surface area contributed by atoms with Crippen molar-refractivity contribution in [2.24, 2.45) is 13.0 Å². The van der Waals surface area contributed by atoms with E-state index in [1.807, 2.05) is 6.92 Å². The lowest BCUT2D eigenvalue weighted by Crippen LogP contribution is -2.32. The maximum Gasteiger partial charge on any atom is 0.261 e. The lowest BCUT2D eigenvalue weighted by molar-refractivity contribution is 0.107. The van der Waals surface area contributed by atoms with E-state index in [1.54, 1.807) is 7.05 Å². The van der Waals surface area contributed by atoms with Crippen LogP contribution in [0.1, 0.15) is 13.3 Å². The average Bonchev–Trinajstić information content (AvgIpc) is 2.85. The summed E-state index contributed by atoms with van der Waals surface area (Å²) in [6.07, 6.45) is 2.31. The van der Waals surface area contributed by atoms with Crippen LogP contribution in [-0.4, -0.2) is 37.2 Å². The minimum absolute atomic E-state index is 0.0758. The Morgan fingerprint density at radius 2 is 2.39 bits per heavy atom. The van der Waals surface area contributed by atoms with Gasteiger partial charge in [-0.15, -0.1) is 0 Å². The number of nitrogens with zero attached hydrogens (tertiary/aromatic N) is 2. The summed E-state index contributed by atoms with van der Waals surface area (Å²) in [7, 11) is -2.01.